The molecule has 0 saturated carbocycles. The summed E-state index contributed by atoms with van der Waals surface area (Å²) in [6.45, 7) is 5.69. The SMILES string of the molecule is CC(C)(C)NC(=O)ON1C=CC=CS1. The Balaban J connectivity index is 2.34. The van der Waals surface area contributed by atoms with Crippen molar-refractivity contribution in [3.05, 3.63) is 23.8 Å². The molecule has 78 valence electrons. The number of amides is 1. The van der Waals surface area contributed by atoms with Gasteiger partial charge in [-0.05, 0) is 32.3 Å². The van der Waals surface area contributed by atoms with Gasteiger partial charge in [0.05, 0.1) is 6.20 Å². The van der Waals surface area contributed by atoms with Gasteiger partial charge in [-0.1, -0.05) is 6.08 Å². The van der Waals surface area contributed by atoms with Crippen LogP contribution < -0.4 is 5.32 Å². The first-order valence-electron chi connectivity index (χ1n) is 4.27. The Morgan fingerprint density at radius 2 is 2.14 bits per heavy atom. The molecule has 1 rings (SSSR count). The van der Waals surface area contributed by atoms with Crippen molar-refractivity contribution < 1.29 is 9.63 Å². The molecule has 1 aliphatic heterocycles. The van der Waals surface area contributed by atoms with Crippen LogP contribution in [0.25, 0.3) is 0 Å². The van der Waals surface area contributed by atoms with Crippen molar-refractivity contribution in [1.82, 2.24) is 9.79 Å². The highest BCUT2D eigenvalue weighted by Crippen LogP contribution is 2.16. The monoisotopic (exact) mass is 214 g/mol. The van der Waals surface area contributed by atoms with Crippen LogP contribution in [-0.4, -0.2) is 16.1 Å². The number of nitrogens with zero attached hydrogens (tertiary/aromatic N) is 1. The van der Waals surface area contributed by atoms with Gasteiger partial charge in [-0.15, -0.1) is 4.47 Å². The van der Waals surface area contributed by atoms with Gasteiger partial charge in [-0.3, -0.25) is 0 Å². The lowest BCUT2D eigenvalue weighted by Crippen LogP contribution is -2.42. The zero-order valence-corrected chi connectivity index (χ0v) is 9.30. The maximum absolute atomic E-state index is 11.3. The van der Waals surface area contributed by atoms with E-state index >= 15 is 0 Å². The Kier molecular flexibility index (Phi) is 3.46. The lowest BCUT2D eigenvalue weighted by molar-refractivity contribution is 0.0223. The Morgan fingerprint density at radius 1 is 1.43 bits per heavy atom. The van der Waals surface area contributed by atoms with Crippen LogP contribution in [0.5, 0.6) is 0 Å². The van der Waals surface area contributed by atoms with Crippen LogP contribution in [0.3, 0.4) is 0 Å². The molecule has 0 saturated heterocycles. The summed E-state index contributed by atoms with van der Waals surface area (Å²) in [5, 5.41) is 4.52. The zero-order chi connectivity index (χ0) is 10.6. The van der Waals surface area contributed by atoms with E-state index in [4.69, 9.17) is 4.84 Å². The van der Waals surface area contributed by atoms with Crippen LogP contribution in [0.15, 0.2) is 23.8 Å². The number of hydrogen-bond acceptors (Lipinski definition) is 4. The molecule has 0 spiro atoms. The molecule has 5 heteroatoms. The summed E-state index contributed by atoms with van der Waals surface area (Å²) >= 11 is 1.30. The summed E-state index contributed by atoms with van der Waals surface area (Å²) in [5.74, 6) is 0. The number of allylic oxidation sites excluding steroid dienone is 2. The first-order valence-corrected chi connectivity index (χ1v) is 5.10. The van der Waals surface area contributed by atoms with Crippen LogP contribution in [0.1, 0.15) is 20.8 Å². The Morgan fingerprint density at radius 3 is 2.64 bits per heavy atom. The highest BCUT2D eigenvalue weighted by Gasteiger charge is 2.17. The third-order valence-corrected chi connectivity index (χ3v) is 1.90. The van der Waals surface area contributed by atoms with Gasteiger partial charge in [0.2, 0.25) is 0 Å². The largest absolute Gasteiger partial charge is 0.432 e. The van der Waals surface area contributed by atoms with E-state index in [2.05, 4.69) is 5.32 Å². The average molecular weight is 214 g/mol. The molecule has 1 aliphatic rings. The van der Waals surface area contributed by atoms with Gasteiger partial charge < -0.3 is 10.2 Å². The molecule has 0 aromatic carbocycles. The summed E-state index contributed by atoms with van der Waals surface area (Å²) < 4.78 is 1.39. The smallest absolute Gasteiger partial charge is 0.315 e. The van der Waals surface area contributed by atoms with Crippen molar-refractivity contribution in [2.75, 3.05) is 0 Å². The van der Waals surface area contributed by atoms with Crippen LogP contribution in [0.4, 0.5) is 4.79 Å². The second kappa shape index (κ2) is 4.41. The van der Waals surface area contributed by atoms with Crippen molar-refractivity contribution >= 4 is 18.0 Å². The van der Waals surface area contributed by atoms with Crippen molar-refractivity contribution in [3.63, 3.8) is 0 Å². The Bertz CT molecular complexity index is 268. The fourth-order valence-corrected chi connectivity index (χ4v) is 1.29. The number of carbonyl (C=O) groups is 1. The van der Waals surface area contributed by atoms with E-state index in [0.29, 0.717) is 0 Å². The summed E-state index contributed by atoms with van der Waals surface area (Å²) in [5.41, 5.74) is -0.281. The third-order valence-electron chi connectivity index (χ3n) is 1.21. The van der Waals surface area contributed by atoms with Crippen molar-refractivity contribution in [2.24, 2.45) is 0 Å². The fraction of sp³-hybridized carbons (Fsp3) is 0.444. The lowest BCUT2D eigenvalue weighted by atomic mass is 10.1. The van der Waals surface area contributed by atoms with E-state index < -0.39 is 6.09 Å². The average Bonchev–Trinajstić information content (AvgIpc) is 2.02. The van der Waals surface area contributed by atoms with Crippen LogP contribution in [0.2, 0.25) is 0 Å². The van der Waals surface area contributed by atoms with Crippen molar-refractivity contribution in [1.29, 1.82) is 0 Å². The summed E-state index contributed by atoms with van der Waals surface area (Å²) in [6, 6.07) is 0. The van der Waals surface area contributed by atoms with Crippen LogP contribution >= 0.6 is 11.9 Å². The van der Waals surface area contributed by atoms with E-state index in [1.165, 1.54) is 16.4 Å². The van der Waals surface area contributed by atoms with Gasteiger partial charge >= 0.3 is 6.09 Å². The number of hydrogen-bond donors (Lipinski definition) is 1. The number of carbonyl (C=O) groups excluding carboxylic acids is 1. The molecule has 0 atom stereocenters. The van der Waals surface area contributed by atoms with Gasteiger partial charge in [0, 0.05) is 17.5 Å². The van der Waals surface area contributed by atoms with E-state index in [1.807, 2.05) is 32.3 Å². The van der Waals surface area contributed by atoms with Crippen molar-refractivity contribution in [3.8, 4) is 0 Å². The molecule has 0 bridgehead atoms. The molecule has 0 aromatic heterocycles. The molecule has 1 amide bonds. The molecule has 14 heavy (non-hydrogen) atoms. The quantitative estimate of drug-likeness (QED) is 0.681. The van der Waals surface area contributed by atoms with Crippen molar-refractivity contribution in [2.45, 2.75) is 26.3 Å². The second-order valence-corrected chi connectivity index (χ2v) is 4.66. The highest BCUT2D eigenvalue weighted by molar-refractivity contribution is 7.99. The normalized spacial score (nSPS) is 15.5. The second-order valence-electron chi connectivity index (χ2n) is 3.81. The predicted octanol–water partition coefficient (Wildman–Crippen LogP) is 2.42. The summed E-state index contributed by atoms with van der Waals surface area (Å²) in [6.07, 6.45) is 4.88. The lowest BCUT2D eigenvalue weighted by Gasteiger charge is -2.23. The topological polar surface area (TPSA) is 41.6 Å². The highest BCUT2D eigenvalue weighted by atomic mass is 32.2. The van der Waals surface area contributed by atoms with E-state index in [0.717, 1.165) is 0 Å². The Hall–Kier alpha value is -1.10. The molecule has 0 unspecified atom stereocenters. The van der Waals surface area contributed by atoms with Crippen LogP contribution in [-0.2, 0) is 4.84 Å². The molecule has 1 N–H and O–H groups in total. The number of rotatable bonds is 1. The van der Waals surface area contributed by atoms with Gasteiger partial charge in [-0.25, -0.2) is 4.79 Å². The fourth-order valence-electron chi connectivity index (χ4n) is 0.758. The first-order chi connectivity index (χ1) is 6.47. The maximum Gasteiger partial charge on any atom is 0.432 e. The Labute approximate surface area is 88.1 Å². The third kappa shape index (κ3) is 4.23. The predicted molar refractivity (Wildman–Crippen MR) is 57.1 cm³/mol. The molecule has 1 heterocycles. The first kappa shape index (κ1) is 11.0. The number of nitrogens with one attached hydrogen (secondary N) is 1. The number of hydroxylamine groups is 1. The molecule has 0 radical (unpaired) electrons. The minimum absolute atomic E-state index is 0.281. The molecule has 0 aromatic rings. The van der Waals surface area contributed by atoms with E-state index in [1.54, 1.807) is 12.3 Å². The van der Waals surface area contributed by atoms with Gasteiger partial charge in [0.15, 0.2) is 0 Å². The molecule has 4 nitrogen and oxygen atoms in total. The van der Waals surface area contributed by atoms with Gasteiger partial charge in [0.1, 0.15) is 0 Å². The zero-order valence-electron chi connectivity index (χ0n) is 8.48. The summed E-state index contributed by atoms with van der Waals surface area (Å²) in [7, 11) is 0. The molecule has 0 aliphatic carbocycles. The molecular formula is C9H14N2O2S. The standard InChI is InChI=1S/C9H14N2O2S/c1-9(2,3)10-8(12)13-11-6-4-5-7-14-11/h4-7H,1-3H3,(H,10,12). The van der Waals surface area contributed by atoms with E-state index in [-0.39, 0.29) is 5.54 Å². The molecular weight excluding hydrogens is 200 g/mol. The van der Waals surface area contributed by atoms with Crippen LogP contribution in [0, 0.1) is 0 Å². The van der Waals surface area contributed by atoms with Gasteiger partial charge in [0.25, 0.3) is 0 Å². The van der Waals surface area contributed by atoms with E-state index in [9.17, 15) is 4.79 Å². The summed E-state index contributed by atoms with van der Waals surface area (Å²) in [4.78, 5) is 16.3. The maximum atomic E-state index is 11.3. The minimum atomic E-state index is -0.454. The molecule has 0 fully saturated rings. The minimum Gasteiger partial charge on any atom is -0.315 e. The van der Waals surface area contributed by atoms with Gasteiger partial charge in [-0.2, -0.15) is 0 Å².